The van der Waals surface area contributed by atoms with E-state index in [-0.39, 0.29) is 36.3 Å². The molecule has 44 heavy (non-hydrogen) atoms. The molecule has 3 unspecified atom stereocenters. The maximum absolute atomic E-state index is 14.2. The van der Waals surface area contributed by atoms with Gasteiger partial charge in [-0.2, -0.15) is 5.26 Å². The first-order valence-electron chi connectivity index (χ1n) is 13.5. The van der Waals surface area contributed by atoms with E-state index in [1.165, 1.54) is 31.6 Å². The molecule has 0 spiro atoms. The summed E-state index contributed by atoms with van der Waals surface area (Å²) in [5.41, 5.74) is 1.17. The third-order valence-electron chi connectivity index (χ3n) is 7.50. The second-order valence-electron chi connectivity index (χ2n) is 10.5. The van der Waals surface area contributed by atoms with E-state index in [0.717, 1.165) is 28.2 Å². The van der Waals surface area contributed by atoms with Crippen molar-refractivity contribution in [2.45, 2.75) is 42.3 Å². The lowest BCUT2D eigenvalue weighted by molar-refractivity contribution is -0.126. The highest BCUT2D eigenvalue weighted by atomic mass is 32.5. The topological polar surface area (TPSA) is 108 Å². The van der Waals surface area contributed by atoms with E-state index < -0.39 is 45.1 Å². The number of hydrogen-bond acceptors (Lipinski definition) is 7. The summed E-state index contributed by atoms with van der Waals surface area (Å²) in [5.74, 6) is -1.03. The van der Waals surface area contributed by atoms with Crippen LogP contribution < -0.4 is 15.0 Å². The number of rotatable bonds is 8. The molecule has 0 aliphatic carbocycles. The molecule has 1 N–H and O–H groups in total. The van der Waals surface area contributed by atoms with E-state index >= 15 is 0 Å². The second-order valence-corrected chi connectivity index (χ2v) is 12.9. The van der Waals surface area contributed by atoms with E-state index in [2.05, 4.69) is 10.3 Å². The van der Waals surface area contributed by atoms with Gasteiger partial charge in [-0.1, -0.05) is 31.6 Å². The first kappa shape index (κ1) is 31.0. The highest BCUT2D eigenvalue weighted by Gasteiger charge is 2.65. The van der Waals surface area contributed by atoms with Crippen LogP contribution in [-0.2, 0) is 20.7 Å². The zero-order valence-corrected chi connectivity index (χ0v) is 24.2. The Balaban J connectivity index is 1.60. The number of halogens is 5. The molecule has 0 saturated carbocycles. The van der Waals surface area contributed by atoms with Gasteiger partial charge in [-0.15, -0.1) is 0 Å². The molecule has 2 aliphatic rings. The molecule has 15 heteroatoms. The Morgan fingerprint density at radius 2 is 1.91 bits per heavy atom. The lowest BCUT2D eigenvalue weighted by Crippen LogP contribution is -2.49. The third-order valence-corrected chi connectivity index (χ3v) is 8.66. The van der Waals surface area contributed by atoms with Crippen molar-refractivity contribution in [1.29, 1.82) is 5.26 Å². The summed E-state index contributed by atoms with van der Waals surface area (Å²) in [6.07, 6.45) is 5.78. The minimum atomic E-state index is -10.0. The number of carbonyl (C=O) groups excluding carboxylic acids is 2. The number of nitrogens with one attached hydrogen (secondary N) is 1. The van der Waals surface area contributed by atoms with Crippen LogP contribution in [0.4, 0.5) is 30.8 Å². The van der Waals surface area contributed by atoms with Gasteiger partial charge in [0.2, 0.25) is 0 Å². The molecule has 234 valence electrons. The van der Waals surface area contributed by atoms with Crippen LogP contribution in [0.15, 0.2) is 71.9 Å². The first-order valence-corrected chi connectivity index (χ1v) is 15.5. The van der Waals surface area contributed by atoms with Gasteiger partial charge in [0.05, 0.1) is 19.3 Å². The van der Waals surface area contributed by atoms with Gasteiger partial charge in [0, 0.05) is 48.9 Å². The summed E-state index contributed by atoms with van der Waals surface area (Å²) in [6, 6.07) is 7.10. The summed E-state index contributed by atoms with van der Waals surface area (Å²) < 4.78 is 78.8. The van der Waals surface area contributed by atoms with Crippen LogP contribution in [-0.4, -0.2) is 54.1 Å². The van der Waals surface area contributed by atoms with E-state index in [0.29, 0.717) is 30.2 Å². The van der Waals surface area contributed by atoms with Crippen molar-refractivity contribution in [1.82, 2.24) is 9.88 Å². The highest BCUT2D eigenvalue weighted by molar-refractivity contribution is 8.45. The Hall–Kier alpha value is -4.42. The number of ether oxygens (including phenoxy) is 2. The molecule has 1 saturated heterocycles. The number of amides is 2. The monoisotopic (exact) mass is 637 g/mol. The number of hydrogen-bond donors (Lipinski definition) is 1. The normalized spacial score (nSPS) is 20.2. The molecule has 3 atom stereocenters. The minimum Gasteiger partial charge on any atom is -0.493 e. The molecular formula is C29H28F5N5O4S. The van der Waals surface area contributed by atoms with Gasteiger partial charge in [0.25, 0.3) is 11.8 Å². The number of nitrogens with zero attached hydrogens (tertiary/aromatic N) is 4. The SMILES string of the molecule is COC1CC(C(=O)N(c2ccc(S(F)(F)(F)(F)F)cc2)C(C(=O)Nc2ccc3c(c2)OCCC3)c2cccnc2)N(C#N)C1. The fourth-order valence-corrected chi connectivity index (χ4v) is 5.98. The standard InChI is InChI=1S/C29H28F5N5O4S/c1-42-23-15-25(38(17-23)18-35)29(41)39(22-8-10-24(11-9-22)44(30,31,32,33)34)27(20-4-2-12-36-16-20)28(40)37-21-7-6-19-5-3-13-43-26(19)14-21/h2,4,6-12,14,16,23,25,27H,3,5,13,15,17H2,1H3,(H,37,40). The van der Waals surface area contributed by atoms with Crippen molar-refractivity contribution in [3.63, 3.8) is 0 Å². The number of likely N-dealkylation sites (tertiary alicyclic amines) is 1. The van der Waals surface area contributed by atoms with Crippen LogP contribution in [0, 0.1) is 11.5 Å². The van der Waals surface area contributed by atoms with Gasteiger partial charge in [0.1, 0.15) is 22.7 Å². The van der Waals surface area contributed by atoms with E-state index in [1.54, 1.807) is 18.2 Å². The van der Waals surface area contributed by atoms with Crippen molar-refractivity contribution in [2.75, 3.05) is 30.5 Å². The van der Waals surface area contributed by atoms with Crippen molar-refractivity contribution in [2.24, 2.45) is 0 Å². The molecule has 0 radical (unpaired) electrons. The molecule has 5 rings (SSSR count). The van der Waals surface area contributed by atoms with Crippen LogP contribution in [0.2, 0.25) is 0 Å². The summed E-state index contributed by atoms with van der Waals surface area (Å²) in [6.45, 7) is 0.554. The van der Waals surface area contributed by atoms with Crippen LogP contribution >= 0.6 is 10.2 Å². The Labute approximate surface area is 249 Å². The molecule has 2 amide bonds. The fraction of sp³-hybridized carbons (Fsp3) is 0.310. The van der Waals surface area contributed by atoms with Crippen LogP contribution in [0.3, 0.4) is 0 Å². The second kappa shape index (κ2) is 10.9. The average molecular weight is 638 g/mol. The summed E-state index contributed by atoms with van der Waals surface area (Å²) in [4.78, 5) is 32.2. The number of benzene rings is 2. The quantitative estimate of drug-likeness (QED) is 0.227. The predicted octanol–water partition coefficient (Wildman–Crippen LogP) is 6.35. The van der Waals surface area contributed by atoms with Gasteiger partial charge in [0.15, 0.2) is 6.19 Å². The average Bonchev–Trinajstić information content (AvgIpc) is 3.42. The smallest absolute Gasteiger partial charge is 0.310 e. The van der Waals surface area contributed by atoms with Crippen LogP contribution in [0.1, 0.15) is 30.0 Å². The fourth-order valence-electron chi connectivity index (χ4n) is 5.32. The molecule has 2 aliphatic heterocycles. The summed E-state index contributed by atoms with van der Waals surface area (Å²) in [7, 11) is -8.65. The van der Waals surface area contributed by atoms with Gasteiger partial charge in [-0.25, -0.2) is 0 Å². The molecule has 3 heterocycles. The zero-order chi connectivity index (χ0) is 31.8. The number of fused-ring (bicyclic) bond motifs is 1. The number of methoxy groups -OCH3 is 1. The van der Waals surface area contributed by atoms with Gasteiger partial charge in [-0.3, -0.25) is 24.4 Å². The maximum atomic E-state index is 14.2. The number of aryl methyl sites for hydroxylation is 1. The van der Waals surface area contributed by atoms with Crippen LogP contribution in [0.5, 0.6) is 5.75 Å². The Bertz CT molecular complexity index is 1600. The third kappa shape index (κ3) is 6.56. The van der Waals surface area contributed by atoms with Crippen molar-refractivity contribution >= 4 is 33.4 Å². The molecule has 3 aromatic rings. The molecule has 0 bridgehead atoms. The molecular weight excluding hydrogens is 609 g/mol. The van der Waals surface area contributed by atoms with E-state index in [4.69, 9.17) is 9.47 Å². The van der Waals surface area contributed by atoms with Gasteiger partial charge >= 0.3 is 10.2 Å². The molecule has 9 nitrogen and oxygen atoms in total. The molecule has 1 fully saturated rings. The number of nitriles is 1. The summed E-state index contributed by atoms with van der Waals surface area (Å²) in [5, 5.41) is 12.5. The lowest BCUT2D eigenvalue weighted by Gasteiger charge is -2.41. The zero-order valence-electron chi connectivity index (χ0n) is 23.3. The van der Waals surface area contributed by atoms with Crippen molar-refractivity contribution in [3.8, 4) is 11.9 Å². The molecule has 1 aromatic heterocycles. The Kier molecular flexibility index (Phi) is 7.71. The number of carbonyl (C=O) groups is 2. The molecule has 2 aromatic carbocycles. The largest absolute Gasteiger partial charge is 0.493 e. The van der Waals surface area contributed by atoms with Gasteiger partial charge in [-0.05, 0) is 54.8 Å². The Morgan fingerprint density at radius 3 is 2.55 bits per heavy atom. The number of aromatic nitrogens is 1. The number of pyridine rings is 1. The predicted molar refractivity (Wildman–Crippen MR) is 153 cm³/mol. The lowest BCUT2D eigenvalue weighted by atomic mass is 10.0. The van der Waals surface area contributed by atoms with E-state index in [9.17, 15) is 34.3 Å². The summed E-state index contributed by atoms with van der Waals surface area (Å²) >= 11 is 0. The minimum absolute atomic E-state index is 0.0342. The first-order chi connectivity index (χ1) is 20.7. The van der Waals surface area contributed by atoms with Crippen LogP contribution in [0.25, 0.3) is 0 Å². The number of anilines is 2. The maximum Gasteiger partial charge on any atom is 0.310 e. The van der Waals surface area contributed by atoms with Crippen molar-refractivity contribution in [3.05, 3.63) is 78.1 Å². The van der Waals surface area contributed by atoms with E-state index in [1.807, 2.05) is 6.19 Å². The highest BCUT2D eigenvalue weighted by Crippen LogP contribution is 3.02. The van der Waals surface area contributed by atoms with Gasteiger partial charge < -0.3 is 14.8 Å². The van der Waals surface area contributed by atoms with Crippen molar-refractivity contribution < 1.29 is 38.5 Å². The Morgan fingerprint density at radius 1 is 1.16 bits per heavy atom.